The molecule has 6 nitrogen and oxygen atoms in total. The molecule has 3 heterocycles. The minimum absolute atomic E-state index is 0.171. The molecule has 0 radical (unpaired) electrons. The lowest BCUT2D eigenvalue weighted by atomic mass is 10.2. The van der Waals surface area contributed by atoms with E-state index in [-0.39, 0.29) is 11.5 Å². The summed E-state index contributed by atoms with van der Waals surface area (Å²) in [7, 11) is 0. The zero-order chi connectivity index (χ0) is 15.8. The third-order valence-electron chi connectivity index (χ3n) is 3.61. The number of thiophene rings is 1. The number of nitrogen functional groups attached to an aromatic ring is 1. The van der Waals surface area contributed by atoms with Crippen LogP contribution in [-0.4, -0.2) is 19.5 Å². The summed E-state index contributed by atoms with van der Waals surface area (Å²) in [6, 6.07) is 14.2. The predicted octanol–water partition coefficient (Wildman–Crippen LogP) is 2.48. The lowest BCUT2D eigenvalue weighted by Gasteiger charge is -2.06. The van der Waals surface area contributed by atoms with Gasteiger partial charge in [-0.25, -0.2) is 4.98 Å². The lowest BCUT2D eigenvalue weighted by molar-refractivity contribution is 0.772. The molecule has 1 aromatic carbocycles. The minimum atomic E-state index is -0.209. The van der Waals surface area contributed by atoms with E-state index in [4.69, 9.17) is 5.73 Å². The van der Waals surface area contributed by atoms with E-state index in [0.29, 0.717) is 17.7 Å². The van der Waals surface area contributed by atoms with Crippen molar-refractivity contribution in [1.82, 2.24) is 19.5 Å². The van der Waals surface area contributed by atoms with Crippen LogP contribution in [0.2, 0.25) is 0 Å². The summed E-state index contributed by atoms with van der Waals surface area (Å²) in [5.41, 5.74) is 7.59. The molecule has 4 aromatic rings. The molecule has 23 heavy (non-hydrogen) atoms. The van der Waals surface area contributed by atoms with Crippen LogP contribution in [0.5, 0.6) is 0 Å². The molecular formula is C16H13N5OS. The number of nitrogens with two attached hydrogens (primary N) is 1. The molecule has 3 aromatic heterocycles. The number of aromatic amines is 1. The van der Waals surface area contributed by atoms with Gasteiger partial charge in [0, 0.05) is 9.75 Å². The number of anilines is 1. The largest absolute Gasteiger partial charge is 0.369 e. The summed E-state index contributed by atoms with van der Waals surface area (Å²) < 4.78 is 1.46. The number of benzene rings is 1. The molecule has 7 heteroatoms. The van der Waals surface area contributed by atoms with Crippen LogP contribution >= 0.6 is 11.3 Å². The minimum Gasteiger partial charge on any atom is -0.369 e. The Kier molecular flexibility index (Phi) is 3.20. The van der Waals surface area contributed by atoms with Crippen molar-refractivity contribution in [1.29, 1.82) is 0 Å². The highest BCUT2D eigenvalue weighted by molar-refractivity contribution is 7.15. The monoisotopic (exact) mass is 323 g/mol. The number of rotatable bonds is 3. The Morgan fingerprint density at radius 2 is 2.00 bits per heavy atom. The third kappa shape index (κ3) is 2.40. The third-order valence-corrected chi connectivity index (χ3v) is 4.73. The highest BCUT2D eigenvalue weighted by Gasteiger charge is 2.12. The number of aromatic nitrogens is 4. The van der Waals surface area contributed by atoms with Crippen LogP contribution in [0, 0.1) is 0 Å². The van der Waals surface area contributed by atoms with E-state index >= 15 is 0 Å². The first-order valence-electron chi connectivity index (χ1n) is 7.06. The summed E-state index contributed by atoms with van der Waals surface area (Å²) >= 11 is 1.64. The predicted molar refractivity (Wildman–Crippen MR) is 91.4 cm³/mol. The van der Waals surface area contributed by atoms with E-state index < -0.39 is 0 Å². The molecule has 0 aliphatic rings. The van der Waals surface area contributed by atoms with Crippen molar-refractivity contribution in [2.24, 2.45) is 0 Å². The van der Waals surface area contributed by atoms with Gasteiger partial charge in [-0.15, -0.1) is 11.3 Å². The van der Waals surface area contributed by atoms with Gasteiger partial charge in [-0.2, -0.15) is 4.98 Å². The maximum Gasteiger partial charge on any atom is 0.281 e. The van der Waals surface area contributed by atoms with Crippen LogP contribution in [0.25, 0.3) is 21.6 Å². The van der Waals surface area contributed by atoms with Gasteiger partial charge < -0.3 is 10.7 Å². The molecule has 0 fully saturated rings. The van der Waals surface area contributed by atoms with Crippen LogP contribution in [0.1, 0.15) is 4.88 Å². The summed E-state index contributed by atoms with van der Waals surface area (Å²) in [4.78, 5) is 25.6. The smallest absolute Gasteiger partial charge is 0.281 e. The van der Waals surface area contributed by atoms with Crippen molar-refractivity contribution in [3.8, 4) is 10.4 Å². The fourth-order valence-electron chi connectivity index (χ4n) is 2.47. The van der Waals surface area contributed by atoms with Gasteiger partial charge >= 0.3 is 0 Å². The van der Waals surface area contributed by atoms with E-state index in [1.165, 1.54) is 10.9 Å². The number of imidazole rings is 1. The van der Waals surface area contributed by atoms with E-state index in [2.05, 4.69) is 33.2 Å². The van der Waals surface area contributed by atoms with Gasteiger partial charge in [-0.3, -0.25) is 9.36 Å². The normalized spacial score (nSPS) is 11.1. The molecule has 0 unspecified atom stereocenters. The molecule has 0 bridgehead atoms. The van der Waals surface area contributed by atoms with Gasteiger partial charge in [0.1, 0.15) is 0 Å². The Balaban J connectivity index is 1.72. The number of hydrogen-bond donors (Lipinski definition) is 2. The van der Waals surface area contributed by atoms with Crippen LogP contribution in [0.3, 0.4) is 0 Å². The number of nitrogens with zero attached hydrogens (tertiary/aromatic N) is 3. The van der Waals surface area contributed by atoms with Crippen molar-refractivity contribution in [2.75, 3.05) is 5.73 Å². The summed E-state index contributed by atoms with van der Waals surface area (Å²) in [5, 5.41) is 0. The number of hydrogen-bond acceptors (Lipinski definition) is 5. The van der Waals surface area contributed by atoms with Crippen molar-refractivity contribution in [3.05, 3.63) is 64.0 Å². The summed E-state index contributed by atoms with van der Waals surface area (Å²) in [6.45, 7) is 0.393. The second-order valence-electron chi connectivity index (χ2n) is 5.09. The maximum atomic E-state index is 12.5. The highest BCUT2D eigenvalue weighted by atomic mass is 32.1. The molecule has 114 valence electrons. The Morgan fingerprint density at radius 3 is 2.83 bits per heavy atom. The molecule has 0 aliphatic heterocycles. The number of H-pyrrole nitrogens is 1. The SMILES string of the molecule is Nc1nc2nc[nH]c2c(=O)n1Cc1ccc(-c2ccccc2)s1. The molecule has 0 spiro atoms. The Hall–Kier alpha value is -2.93. The lowest BCUT2D eigenvalue weighted by Crippen LogP contribution is -2.24. The Morgan fingerprint density at radius 1 is 1.17 bits per heavy atom. The molecule has 0 saturated carbocycles. The average Bonchev–Trinajstić information content (AvgIpc) is 3.21. The van der Waals surface area contributed by atoms with Crippen LogP contribution < -0.4 is 11.3 Å². The second kappa shape index (κ2) is 5.36. The van der Waals surface area contributed by atoms with Gasteiger partial charge in [-0.1, -0.05) is 30.3 Å². The van der Waals surface area contributed by atoms with Gasteiger partial charge in [0.15, 0.2) is 11.2 Å². The highest BCUT2D eigenvalue weighted by Crippen LogP contribution is 2.28. The zero-order valence-corrected chi connectivity index (χ0v) is 12.9. The Bertz CT molecular complexity index is 1030. The van der Waals surface area contributed by atoms with Crippen molar-refractivity contribution in [2.45, 2.75) is 6.54 Å². The van der Waals surface area contributed by atoms with Crippen molar-refractivity contribution < 1.29 is 0 Å². The molecule has 0 aliphatic carbocycles. The Labute approximate surface area is 135 Å². The fraction of sp³-hybridized carbons (Fsp3) is 0.0625. The average molecular weight is 323 g/mol. The van der Waals surface area contributed by atoms with Crippen LogP contribution in [0.4, 0.5) is 5.95 Å². The first kappa shape index (κ1) is 13.7. The van der Waals surface area contributed by atoms with E-state index in [0.717, 1.165) is 15.3 Å². The topological polar surface area (TPSA) is 89.6 Å². The molecule has 0 saturated heterocycles. The van der Waals surface area contributed by atoms with E-state index in [9.17, 15) is 4.79 Å². The summed E-state index contributed by atoms with van der Waals surface area (Å²) in [6.07, 6.45) is 1.45. The molecule has 4 rings (SSSR count). The maximum absolute atomic E-state index is 12.5. The van der Waals surface area contributed by atoms with Gasteiger partial charge in [-0.05, 0) is 17.7 Å². The number of fused-ring (bicyclic) bond motifs is 1. The first-order chi connectivity index (χ1) is 11.2. The second-order valence-corrected chi connectivity index (χ2v) is 6.26. The first-order valence-corrected chi connectivity index (χ1v) is 7.87. The fourth-order valence-corrected chi connectivity index (χ4v) is 3.47. The van der Waals surface area contributed by atoms with Gasteiger partial charge in [0.2, 0.25) is 5.95 Å². The van der Waals surface area contributed by atoms with Crippen LogP contribution in [-0.2, 0) is 6.54 Å². The molecular weight excluding hydrogens is 310 g/mol. The molecule has 3 N–H and O–H groups in total. The quantitative estimate of drug-likeness (QED) is 0.606. The zero-order valence-electron chi connectivity index (χ0n) is 12.1. The standard InChI is InChI=1S/C16H13N5OS/c17-16-20-14-13(18-9-19-14)15(22)21(16)8-11-6-7-12(23-11)10-4-2-1-3-5-10/h1-7,9H,8H2,(H2,17,20)(H,18,19). The van der Waals surface area contributed by atoms with E-state index in [1.54, 1.807) is 11.3 Å². The van der Waals surface area contributed by atoms with E-state index in [1.807, 2.05) is 24.3 Å². The van der Waals surface area contributed by atoms with Crippen molar-refractivity contribution >= 4 is 28.4 Å². The number of nitrogens with one attached hydrogen (secondary N) is 1. The van der Waals surface area contributed by atoms with Crippen LogP contribution in [0.15, 0.2) is 53.6 Å². The molecule has 0 atom stereocenters. The van der Waals surface area contributed by atoms with Crippen molar-refractivity contribution in [3.63, 3.8) is 0 Å². The van der Waals surface area contributed by atoms with Gasteiger partial charge in [0.05, 0.1) is 12.9 Å². The van der Waals surface area contributed by atoms with Gasteiger partial charge in [0.25, 0.3) is 5.56 Å². The summed E-state index contributed by atoms with van der Waals surface area (Å²) in [5.74, 6) is 0.171. The molecule has 0 amide bonds.